The van der Waals surface area contributed by atoms with Crippen LogP contribution in [0.3, 0.4) is 0 Å². The summed E-state index contributed by atoms with van der Waals surface area (Å²) in [6, 6.07) is 4.29. The topological polar surface area (TPSA) is 101 Å². The lowest BCUT2D eigenvalue weighted by atomic mass is 10.1. The van der Waals surface area contributed by atoms with Gasteiger partial charge in [0, 0.05) is 19.8 Å². The van der Waals surface area contributed by atoms with E-state index in [2.05, 4.69) is 4.98 Å². The van der Waals surface area contributed by atoms with E-state index in [1.165, 1.54) is 29.4 Å². The van der Waals surface area contributed by atoms with Crippen LogP contribution in [0.1, 0.15) is 27.8 Å². The van der Waals surface area contributed by atoms with Gasteiger partial charge in [-0.15, -0.1) is 0 Å². The summed E-state index contributed by atoms with van der Waals surface area (Å²) in [5, 5.41) is 8.94. The number of carbonyl (C=O) groups excluding carboxylic acids is 1. The molecule has 1 heterocycles. The number of aromatic nitrogens is 2. The van der Waals surface area contributed by atoms with E-state index in [1.807, 2.05) is 6.92 Å². The molecule has 0 aliphatic rings. The van der Waals surface area contributed by atoms with Crippen molar-refractivity contribution >= 4 is 23.3 Å². The second-order valence-corrected chi connectivity index (χ2v) is 4.55. The summed E-state index contributed by atoms with van der Waals surface area (Å²) in [5.41, 5.74) is 6.97. The van der Waals surface area contributed by atoms with Gasteiger partial charge in [0.25, 0.3) is 5.91 Å². The van der Waals surface area contributed by atoms with E-state index < -0.39 is 5.97 Å². The Labute approximate surface area is 121 Å². The molecule has 0 spiro atoms. The lowest BCUT2D eigenvalue weighted by molar-refractivity contribution is 0.0697. The van der Waals surface area contributed by atoms with Crippen LogP contribution in [0.25, 0.3) is 0 Å². The molecule has 21 heavy (non-hydrogen) atoms. The first-order valence-corrected chi connectivity index (χ1v) is 6.36. The van der Waals surface area contributed by atoms with Crippen LogP contribution in [-0.2, 0) is 7.05 Å². The van der Waals surface area contributed by atoms with Gasteiger partial charge in [-0.2, -0.15) is 0 Å². The number of amides is 1. The number of carbonyl (C=O) groups is 2. The first kappa shape index (κ1) is 14.6. The van der Waals surface area contributed by atoms with Gasteiger partial charge in [-0.3, -0.25) is 4.79 Å². The third-order valence-corrected chi connectivity index (χ3v) is 3.05. The summed E-state index contributed by atoms with van der Waals surface area (Å²) < 4.78 is 1.68. The lowest BCUT2D eigenvalue weighted by Crippen LogP contribution is -2.31. The van der Waals surface area contributed by atoms with Crippen LogP contribution >= 0.6 is 0 Å². The number of imidazole rings is 1. The van der Waals surface area contributed by atoms with Crippen molar-refractivity contribution in [1.82, 2.24) is 9.55 Å². The molecule has 0 saturated heterocycles. The van der Waals surface area contributed by atoms with Crippen LogP contribution in [0, 0.1) is 0 Å². The first-order chi connectivity index (χ1) is 9.93. The number of aromatic carboxylic acids is 1. The predicted molar refractivity (Wildman–Crippen MR) is 78.4 cm³/mol. The van der Waals surface area contributed by atoms with Crippen molar-refractivity contribution in [3.63, 3.8) is 0 Å². The lowest BCUT2D eigenvalue weighted by Gasteiger charge is -2.22. The number of aryl methyl sites for hydroxylation is 1. The number of carboxylic acids is 1. The van der Waals surface area contributed by atoms with E-state index in [0.29, 0.717) is 17.9 Å². The SMILES string of the molecule is CCN(C(=O)c1cn(C)cn1)c1ccc(C(=O)O)cc1N. The van der Waals surface area contributed by atoms with Gasteiger partial charge in [0.1, 0.15) is 5.69 Å². The Kier molecular flexibility index (Phi) is 3.93. The summed E-state index contributed by atoms with van der Waals surface area (Å²) in [5.74, 6) is -1.35. The largest absolute Gasteiger partial charge is 0.478 e. The number of hydrogen-bond donors (Lipinski definition) is 2. The molecule has 0 saturated carbocycles. The molecule has 7 heteroatoms. The van der Waals surface area contributed by atoms with Crippen LogP contribution in [0.5, 0.6) is 0 Å². The van der Waals surface area contributed by atoms with Gasteiger partial charge >= 0.3 is 5.97 Å². The minimum atomic E-state index is -1.06. The highest BCUT2D eigenvalue weighted by molar-refractivity contribution is 6.06. The third-order valence-electron chi connectivity index (χ3n) is 3.05. The molecule has 2 aromatic rings. The van der Waals surface area contributed by atoms with Crippen molar-refractivity contribution < 1.29 is 14.7 Å². The molecule has 0 aliphatic carbocycles. The Hall–Kier alpha value is -2.83. The molecule has 7 nitrogen and oxygen atoms in total. The number of benzene rings is 1. The Morgan fingerprint density at radius 1 is 1.43 bits per heavy atom. The quantitative estimate of drug-likeness (QED) is 0.827. The fourth-order valence-corrected chi connectivity index (χ4v) is 2.02. The molecule has 0 atom stereocenters. The van der Waals surface area contributed by atoms with Crippen LogP contribution in [0.15, 0.2) is 30.7 Å². The van der Waals surface area contributed by atoms with Gasteiger partial charge in [0.2, 0.25) is 0 Å². The molecule has 0 unspecified atom stereocenters. The highest BCUT2D eigenvalue weighted by atomic mass is 16.4. The van der Waals surface area contributed by atoms with Crippen molar-refractivity contribution in [3.8, 4) is 0 Å². The zero-order valence-corrected chi connectivity index (χ0v) is 11.8. The van der Waals surface area contributed by atoms with Crippen molar-refractivity contribution in [2.45, 2.75) is 6.92 Å². The number of anilines is 2. The van der Waals surface area contributed by atoms with E-state index in [9.17, 15) is 9.59 Å². The standard InChI is InChI=1S/C14H16N4O3/c1-3-18(13(19)11-7-17(2)8-16-11)12-5-4-9(14(20)21)6-10(12)15/h4-8H,3,15H2,1-2H3,(H,20,21). The van der Waals surface area contributed by atoms with Crippen molar-refractivity contribution in [1.29, 1.82) is 0 Å². The van der Waals surface area contributed by atoms with E-state index >= 15 is 0 Å². The predicted octanol–water partition coefficient (Wildman–Crippen LogP) is 1.37. The monoisotopic (exact) mass is 288 g/mol. The minimum absolute atomic E-state index is 0.0811. The molecular weight excluding hydrogens is 272 g/mol. The molecule has 110 valence electrons. The maximum Gasteiger partial charge on any atom is 0.335 e. The summed E-state index contributed by atoms with van der Waals surface area (Å²) in [4.78, 5) is 28.8. The Morgan fingerprint density at radius 3 is 2.62 bits per heavy atom. The third kappa shape index (κ3) is 2.86. The summed E-state index contributed by atoms with van der Waals surface area (Å²) in [6.07, 6.45) is 3.16. The van der Waals surface area contributed by atoms with E-state index in [-0.39, 0.29) is 17.2 Å². The zero-order chi connectivity index (χ0) is 15.6. The molecule has 0 radical (unpaired) electrons. The van der Waals surface area contributed by atoms with Crippen LogP contribution in [-0.4, -0.2) is 33.1 Å². The second-order valence-electron chi connectivity index (χ2n) is 4.55. The van der Waals surface area contributed by atoms with Gasteiger partial charge in [-0.25, -0.2) is 9.78 Å². The van der Waals surface area contributed by atoms with Crippen molar-refractivity contribution in [2.75, 3.05) is 17.2 Å². The molecule has 3 N–H and O–H groups in total. The van der Waals surface area contributed by atoms with Gasteiger partial charge in [-0.05, 0) is 25.1 Å². The number of nitrogens with zero attached hydrogens (tertiary/aromatic N) is 3. The molecular formula is C14H16N4O3. The van der Waals surface area contributed by atoms with Crippen molar-refractivity contribution in [3.05, 3.63) is 42.0 Å². The summed E-state index contributed by atoms with van der Waals surface area (Å²) >= 11 is 0. The van der Waals surface area contributed by atoms with Crippen LogP contribution in [0.2, 0.25) is 0 Å². The molecule has 1 aromatic carbocycles. The Bertz CT molecular complexity index is 693. The molecule has 0 bridgehead atoms. The average Bonchev–Trinajstić information content (AvgIpc) is 2.87. The molecule has 0 aliphatic heterocycles. The van der Waals surface area contributed by atoms with E-state index in [4.69, 9.17) is 10.8 Å². The van der Waals surface area contributed by atoms with Crippen molar-refractivity contribution in [2.24, 2.45) is 7.05 Å². The van der Waals surface area contributed by atoms with Crippen LogP contribution < -0.4 is 10.6 Å². The highest BCUT2D eigenvalue weighted by Gasteiger charge is 2.20. The number of nitrogens with two attached hydrogens (primary N) is 1. The normalized spacial score (nSPS) is 10.4. The average molecular weight is 288 g/mol. The summed E-state index contributed by atoms with van der Waals surface area (Å²) in [7, 11) is 1.77. The fraction of sp³-hybridized carbons (Fsp3) is 0.214. The number of carboxylic acid groups (broad SMARTS) is 1. The van der Waals surface area contributed by atoms with E-state index in [1.54, 1.807) is 17.8 Å². The van der Waals surface area contributed by atoms with Crippen LogP contribution in [0.4, 0.5) is 11.4 Å². The molecule has 2 rings (SSSR count). The fourth-order valence-electron chi connectivity index (χ4n) is 2.02. The molecule has 0 fully saturated rings. The maximum absolute atomic E-state index is 12.4. The van der Waals surface area contributed by atoms with E-state index in [0.717, 1.165) is 0 Å². The van der Waals surface area contributed by atoms with Gasteiger partial charge < -0.3 is 20.3 Å². The maximum atomic E-state index is 12.4. The highest BCUT2D eigenvalue weighted by Crippen LogP contribution is 2.25. The van der Waals surface area contributed by atoms with Gasteiger partial charge in [0.05, 0.1) is 23.3 Å². The Morgan fingerprint density at radius 2 is 2.14 bits per heavy atom. The Balaban J connectivity index is 2.37. The first-order valence-electron chi connectivity index (χ1n) is 6.36. The van der Waals surface area contributed by atoms with Gasteiger partial charge in [0.15, 0.2) is 0 Å². The number of hydrogen-bond acceptors (Lipinski definition) is 4. The van der Waals surface area contributed by atoms with Gasteiger partial charge in [-0.1, -0.05) is 0 Å². The smallest absolute Gasteiger partial charge is 0.335 e. The number of rotatable bonds is 4. The molecule has 1 amide bonds. The zero-order valence-electron chi connectivity index (χ0n) is 11.8. The summed E-state index contributed by atoms with van der Waals surface area (Å²) in [6.45, 7) is 2.21. The minimum Gasteiger partial charge on any atom is -0.478 e. The number of nitrogen functional groups attached to an aromatic ring is 1. The molecule has 1 aromatic heterocycles. The second kappa shape index (κ2) is 5.66.